The Bertz CT molecular complexity index is 694. The fourth-order valence-electron chi connectivity index (χ4n) is 1.68. The predicted octanol–water partition coefficient (Wildman–Crippen LogP) is 2.45. The summed E-state index contributed by atoms with van der Waals surface area (Å²) in [6.45, 7) is 0.440. The van der Waals surface area contributed by atoms with Crippen LogP contribution in [0.25, 0.3) is 0 Å². The number of nitriles is 2. The molecule has 0 unspecified atom stereocenters. The number of methoxy groups -OCH3 is 1. The smallest absolute Gasteiger partial charge is 0.176 e. The third kappa shape index (κ3) is 2.59. The number of nitrogens with zero attached hydrogens (tertiary/aromatic N) is 4. The first-order chi connectivity index (χ1) is 9.19. The molecule has 0 N–H and O–H groups in total. The molecule has 1 aromatic heterocycles. The molecule has 2 aromatic rings. The van der Waals surface area contributed by atoms with E-state index < -0.39 is 0 Å². The lowest BCUT2D eigenvalue weighted by molar-refractivity contribution is 0.414. The van der Waals surface area contributed by atoms with Gasteiger partial charge in [0.05, 0.1) is 20.0 Å². The van der Waals surface area contributed by atoms with Gasteiger partial charge in [-0.05, 0) is 23.8 Å². The summed E-state index contributed by atoms with van der Waals surface area (Å²) in [5.74, 6) is 0.734. The minimum Gasteiger partial charge on any atom is -0.497 e. The van der Waals surface area contributed by atoms with Gasteiger partial charge in [0.15, 0.2) is 11.4 Å². The van der Waals surface area contributed by atoms with Crippen LogP contribution in [0.2, 0.25) is 0 Å². The van der Waals surface area contributed by atoms with Gasteiger partial charge < -0.3 is 9.30 Å². The Morgan fingerprint density at radius 3 is 2.79 bits per heavy atom. The fourth-order valence-corrected chi connectivity index (χ4v) is 2.06. The van der Waals surface area contributed by atoms with Crippen molar-refractivity contribution in [1.82, 2.24) is 9.55 Å². The number of rotatable bonds is 3. The Labute approximate surface area is 118 Å². The number of hydrogen-bond acceptors (Lipinski definition) is 4. The molecular weight excluding hydrogens is 308 g/mol. The van der Waals surface area contributed by atoms with Crippen molar-refractivity contribution in [3.05, 3.63) is 46.0 Å². The van der Waals surface area contributed by atoms with E-state index in [1.807, 2.05) is 30.3 Å². The summed E-state index contributed by atoms with van der Waals surface area (Å²) < 4.78 is 7.71. The SMILES string of the molecule is COc1ccc(Br)c(Cn2cnc(C#N)c2C#N)c1. The largest absolute Gasteiger partial charge is 0.497 e. The van der Waals surface area contributed by atoms with Crippen molar-refractivity contribution < 1.29 is 4.74 Å². The number of hydrogen-bond donors (Lipinski definition) is 0. The molecule has 0 spiro atoms. The monoisotopic (exact) mass is 316 g/mol. The van der Waals surface area contributed by atoms with Crippen LogP contribution >= 0.6 is 15.9 Å². The van der Waals surface area contributed by atoms with E-state index in [0.29, 0.717) is 6.54 Å². The molecule has 2 rings (SSSR count). The first-order valence-corrected chi connectivity index (χ1v) is 6.16. The molecule has 0 radical (unpaired) electrons. The van der Waals surface area contributed by atoms with Crippen LogP contribution in [0.1, 0.15) is 17.0 Å². The molecule has 94 valence electrons. The first-order valence-electron chi connectivity index (χ1n) is 5.37. The number of halogens is 1. The van der Waals surface area contributed by atoms with Gasteiger partial charge in [0.25, 0.3) is 0 Å². The molecule has 0 fully saturated rings. The topological polar surface area (TPSA) is 74.6 Å². The second kappa shape index (κ2) is 5.55. The summed E-state index contributed by atoms with van der Waals surface area (Å²) in [7, 11) is 1.60. The molecule has 0 saturated heterocycles. The maximum atomic E-state index is 9.07. The van der Waals surface area contributed by atoms with Gasteiger partial charge in [-0.3, -0.25) is 0 Å². The minimum absolute atomic E-state index is 0.140. The number of aromatic nitrogens is 2. The highest BCUT2D eigenvalue weighted by molar-refractivity contribution is 9.10. The molecule has 0 aliphatic rings. The van der Waals surface area contributed by atoms with E-state index in [1.165, 1.54) is 6.33 Å². The van der Waals surface area contributed by atoms with Gasteiger partial charge in [0.1, 0.15) is 17.9 Å². The zero-order chi connectivity index (χ0) is 13.8. The van der Waals surface area contributed by atoms with Gasteiger partial charge in [-0.1, -0.05) is 15.9 Å². The highest BCUT2D eigenvalue weighted by Crippen LogP contribution is 2.24. The Kier molecular flexibility index (Phi) is 3.84. The zero-order valence-corrected chi connectivity index (χ0v) is 11.7. The third-order valence-corrected chi connectivity index (χ3v) is 3.42. The molecule has 1 aromatic carbocycles. The Balaban J connectivity index is 2.40. The van der Waals surface area contributed by atoms with Crippen LogP contribution in [0, 0.1) is 22.7 Å². The highest BCUT2D eigenvalue weighted by atomic mass is 79.9. The second-order valence-electron chi connectivity index (χ2n) is 3.75. The Morgan fingerprint density at radius 2 is 2.16 bits per heavy atom. The number of imidazole rings is 1. The van der Waals surface area contributed by atoms with Gasteiger partial charge in [-0.15, -0.1) is 0 Å². The molecule has 19 heavy (non-hydrogen) atoms. The Morgan fingerprint density at radius 1 is 1.37 bits per heavy atom. The van der Waals surface area contributed by atoms with Crippen LogP contribution in [-0.4, -0.2) is 16.7 Å². The molecule has 1 heterocycles. The van der Waals surface area contributed by atoms with Crippen LogP contribution in [-0.2, 0) is 6.54 Å². The van der Waals surface area contributed by atoms with Crippen molar-refractivity contribution in [2.75, 3.05) is 7.11 Å². The molecule has 0 aliphatic carbocycles. The van der Waals surface area contributed by atoms with Crippen molar-refractivity contribution >= 4 is 15.9 Å². The summed E-state index contributed by atoms with van der Waals surface area (Å²) in [6.07, 6.45) is 1.49. The van der Waals surface area contributed by atoms with Crippen LogP contribution in [0.3, 0.4) is 0 Å². The van der Waals surface area contributed by atoms with Crippen LogP contribution in [0.15, 0.2) is 29.0 Å². The summed E-state index contributed by atoms with van der Waals surface area (Å²) in [5, 5.41) is 17.9. The summed E-state index contributed by atoms with van der Waals surface area (Å²) in [6, 6.07) is 9.48. The highest BCUT2D eigenvalue weighted by Gasteiger charge is 2.11. The lowest BCUT2D eigenvalue weighted by atomic mass is 10.2. The summed E-state index contributed by atoms with van der Waals surface area (Å²) in [5.41, 5.74) is 1.34. The average molecular weight is 317 g/mol. The van der Waals surface area contributed by atoms with Crippen LogP contribution in [0.4, 0.5) is 0 Å². The predicted molar refractivity (Wildman–Crippen MR) is 71.5 cm³/mol. The lowest BCUT2D eigenvalue weighted by Gasteiger charge is -2.08. The molecule has 0 saturated carbocycles. The normalized spacial score (nSPS) is 9.68. The molecular formula is C13H9BrN4O. The quantitative estimate of drug-likeness (QED) is 0.871. The maximum Gasteiger partial charge on any atom is 0.176 e. The van der Waals surface area contributed by atoms with E-state index in [0.717, 1.165) is 15.8 Å². The fraction of sp³-hybridized carbons (Fsp3) is 0.154. The van der Waals surface area contributed by atoms with Gasteiger partial charge in [0.2, 0.25) is 0 Å². The van der Waals surface area contributed by atoms with E-state index in [9.17, 15) is 0 Å². The average Bonchev–Trinajstić information content (AvgIpc) is 2.83. The van der Waals surface area contributed by atoms with Crippen molar-refractivity contribution in [2.45, 2.75) is 6.54 Å². The molecule has 0 bridgehead atoms. The molecule has 0 aliphatic heterocycles. The Hall–Kier alpha value is -2.31. The van der Waals surface area contributed by atoms with Crippen LogP contribution < -0.4 is 4.74 Å². The van der Waals surface area contributed by atoms with Gasteiger partial charge in [-0.25, -0.2) is 4.98 Å². The molecule has 0 amide bonds. The van der Waals surface area contributed by atoms with E-state index in [2.05, 4.69) is 20.9 Å². The molecule has 6 heteroatoms. The van der Waals surface area contributed by atoms with E-state index in [4.69, 9.17) is 15.3 Å². The van der Waals surface area contributed by atoms with E-state index >= 15 is 0 Å². The van der Waals surface area contributed by atoms with E-state index in [1.54, 1.807) is 11.7 Å². The van der Waals surface area contributed by atoms with Crippen molar-refractivity contribution in [3.8, 4) is 17.9 Å². The van der Waals surface area contributed by atoms with Gasteiger partial charge >= 0.3 is 0 Å². The standard InChI is InChI=1S/C13H9BrN4O/c1-19-10-2-3-11(14)9(4-10)7-18-8-17-12(5-15)13(18)6-16/h2-4,8H,7H2,1H3. The third-order valence-electron chi connectivity index (χ3n) is 2.64. The maximum absolute atomic E-state index is 9.07. The van der Waals surface area contributed by atoms with Gasteiger partial charge in [0, 0.05) is 4.47 Å². The number of benzene rings is 1. The molecule has 0 atom stereocenters. The number of ether oxygens (including phenoxy) is 1. The summed E-state index contributed by atoms with van der Waals surface area (Å²) >= 11 is 3.45. The second-order valence-corrected chi connectivity index (χ2v) is 4.60. The first kappa shape index (κ1) is 13.1. The lowest BCUT2D eigenvalue weighted by Crippen LogP contribution is -2.02. The van der Waals surface area contributed by atoms with Crippen molar-refractivity contribution in [2.24, 2.45) is 0 Å². The molecule has 5 nitrogen and oxygen atoms in total. The van der Waals surface area contributed by atoms with Crippen molar-refractivity contribution in [1.29, 1.82) is 10.5 Å². The van der Waals surface area contributed by atoms with E-state index in [-0.39, 0.29) is 11.4 Å². The minimum atomic E-state index is 0.140. The van der Waals surface area contributed by atoms with Gasteiger partial charge in [-0.2, -0.15) is 10.5 Å². The zero-order valence-electron chi connectivity index (χ0n) is 10.1. The summed E-state index contributed by atoms with van der Waals surface area (Å²) in [4.78, 5) is 3.91. The van der Waals surface area contributed by atoms with Crippen molar-refractivity contribution in [3.63, 3.8) is 0 Å². The van der Waals surface area contributed by atoms with Crippen LogP contribution in [0.5, 0.6) is 5.75 Å².